The van der Waals surface area contributed by atoms with Gasteiger partial charge in [-0.1, -0.05) is 19.3 Å². The molecule has 0 bridgehead atoms. The summed E-state index contributed by atoms with van der Waals surface area (Å²) in [5, 5.41) is 17.0. The molecule has 7 nitrogen and oxygen atoms in total. The Morgan fingerprint density at radius 2 is 1.87 bits per heavy atom. The molecule has 3 N–H and O–H groups in total. The molecule has 0 aromatic carbocycles. The molecule has 2 aliphatic rings. The van der Waals surface area contributed by atoms with E-state index in [1.54, 1.807) is 6.07 Å². The van der Waals surface area contributed by atoms with Crippen LogP contribution in [0.2, 0.25) is 0 Å². The molecule has 1 unspecified atom stereocenters. The van der Waals surface area contributed by atoms with Crippen LogP contribution >= 0.6 is 0 Å². The fourth-order valence-corrected chi connectivity index (χ4v) is 3.10. The molecule has 23 heavy (non-hydrogen) atoms. The summed E-state index contributed by atoms with van der Waals surface area (Å²) >= 11 is 0. The molecule has 1 aliphatic heterocycles. The summed E-state index contributed by atoms with van der Waals surface area (Å²) < 4.78 is 5.55. The molecule has 2 fully saturated rings. The zero-order valence-corrected chi connectivity index (χ0v) is 13.4. The fourth-order valence-electron chi connectivity index (χ4n) is 3.10. The molecule has 1 saturated heterocycles. The Kier molecular flexibility index (Phi) is 5.63. The molecule has 1 aromatic rings. The molecule has 0 radical (unpaired) electrons. The van der Waals surface area contributed by atoms with Crippen molar-refractivity contribution in [3.8, 4) is 0 Å². The third-order valence-electron chi connectivity index (χ3n) is 4.38. The minimum Gasteiger partial charge on any atom is -0.376 e. The second-order valence-electron chi connectivity index (χ2n) is 6.25. The number of rotatable bonds is 5. The van der Waals surface area contributed by atoms with Crippen molar-refractivity contribution in [1.82, 2.24) is 15.5 Å². The van der Waals surface area contributed by atoms with Gasteiger partial charge in [0.2, 0.25) is 0 Å². The van der Waals surface area contributed by atoms with E-state index in [0.29, 0.717) is 11.6 Å². The van der Waals surface area contributed by atoms with Crippen LogP contribution in [0.4, 0.5) is 16.4 Å². The number of carbonyl (C=O) groups is 1. The lowest BCUT2D eigenvalue weighted by Gasteiger charge is -2.22. The molecule has 0 spiro atoms. The van der Waals surface area contributed by atoms with E-state index in [1.807, 2.05) is 6.07 Å². The van der Waals surface area contributed by atoms with Gasteiger partial charge in [-0.05, 0) is 37.8 Å². The van der Waals surface area contributed by atoms with Gasteiger partial charge in [0.1, 0.15) is 5.82 Å². The number of anilines is 2. The van der Waals surface area contributed by atoms with E-state index in [0.717, 1.165) is 38.8 Å². The molecule has 2 heterocycles. The lowest BCUT2D eigenvalue weighted by Crippen LogP contribution is -2.39. The number of nitrogens with zero attached hydrogens (tertiary/aromatic N) is 2. The normalized spacial score (nSPS) is 21.8. The average Bonchev–Trinajstić information content (AvgIpc) is 3.08. The van der Waals surface area contributed by atoms with Crippen molar-refractivity contribution in [3.05, 3.63) is 12.1 Å². The molecule has 126 valence electrons. The van der Waals surface area contributed by atoms with Crippen LogP contribution in [0.25, 0.3) is 0 Å². The lowest BCUT2D eigenvalue weighted by atomic mass is 9.96. The van der Waals surface area contributed by atoms with Crippen molar-refractivity contribution in [2.45, 2.75) is 57.1 Å². The predicted octanol–water partition coefficient (Wildman–Crippen LogP) is 2.52. The molecule has 1 atom stereocenters. The first kappa shape index (κ1) is 16.0. The topological polar surface area (TPSA) is 88.2 Å². The van der Waals surface area contributed by atoms with Gasteiger partial charge in [-0.25, -0.2) is 4.79 Å². The number of amides is 2. The molecular weight excluding hydrogens is 294 g/mol. The molecule has 2 amide bonds. The first-order chi connectivity index (χ1) is 11.3. The highest BCUT2D eigenvalue weighted by Crippen LogP contribution is 2.17. The number of hydrogen-bond acceptors (Lipinski definition) is 5. The van der Waals surface area contributed by atoms with Gasteiger partial charge >= 0.3 is 6.03 Å². The van der Waals surface area contributed by atoms with Crippen LogP contribution in [0.5, 0.6) is 0 Å². The van der Waals surface area contributed by atoms with Crippen LogP contribution in [0.3, 0.4) is 0 Å². The number of nitrogens with one attached hydrogen (secondary N) is 3. The van der Waals surface area contributed by atoms with Crippen LogP contribution in [0, 0.1) is 0 Å². The highest BCUT2D eigenvalue weighted by Gasteiger charge is 2.16. The smallest absolute Gasteiger partial charge is 0.320 e. The fraction of sp³-hybridized carbons (Fsp3) is 0.688. The molecular formula is C16H25N5O2. The highest BCUT2D eigenvalue weighted by molar-refractivity contribution is 5.88. The first-order valence-corrected chi connectivity index (χ1v) is 8.56. The van der Waals surface area contributed by atoms with E-state index in [-0.39, 0.29) is 18.2 Å². The molecule has 1 saturated carbocycles. The summed E-state index contributed by atoms with van der Waals surface area (Å²) in [5.74, 6) is 1.15. The van der Waals surface area contributed by atoms with E-state index < -0.39 is 0 Å². The quantitative estimate of drug-likeness (QED) is 0.776. The summed E-state index contributed by atoms with van der Waals surface area (Å²) in [4.78, 5) is 11.9. The van der Waals surface area contributed by atoms with Crippen LogP contribution < -0.4 is 16.0 Å². The van der Waals surface area contributed by atoms with Gasteiger partial charge in [-0.2, -0.15) is 0 Å². The third-order valence-corrected chi connectivity index (χ3v) is 4.38. The Morgan fingerprint density at radius 1 is 1.09 bits per heavy atom. The van der Waals surface area contributed by atoms with Gasteiger partial charge < -0.3 is 15.4 Å². The van der Waals surface area contributed by atoms with Crippen molar-refractivity contribution >= 4 is 17.7 Å². The lowest BCUT2D eigenvalue weighted by molar-refractivity contribution is 0.120. The SMILES string of the molecule is O=C(Nc1ccc(NCC2CCCO2)nn1)NC1CCCCC1. The Bertz CT molecular complexity index is 496. The van der Waals surface area contributed by atoms with E-state index in [9.17, 15) is 4.79 Å². The zero-order valence-electron chi connectivity index (χ0n) is 13.4. The van der Waals surface area contributed by atoms with Crippen molar-refractivity contribution in [2.75, 3.05) is 23.8 Å². The second kappa shape index (κ2) is 8.10. The Hall–Kier alpha value is -1.89. The Balaban J connectivity index is 1.42. The van der Waals surface area contributed by atoms with E-state index >= 15 is 0 Å². The van der Waals surface area contributed by atoms with Crippen molar-refractivity contribution < 1.29 is 9.53 Å². The minimum absolute atomic E-state index is 0.203. The van der Waals surface area contributed by atoms with Crippen LogP contribution in [-0.4, -0.2) is 41.5 Å². The van der Waals surface area contributed by atoms with Gasteiger partial charge in [-0.15, -0.1) is 10.2 Å². The second-order valence-corrected chi connectivity index (χ2v) is 6.25. The summed E-state index contributed by atoms with van der Waals surface area (Å²) in [5.41, 5.74) is 0. The molecule has 1 aliphatic carbocycles. The van der Waals surface area contributed by atoms with Gasteiger partial charge in [0, 0.05) is 19.2 Å². The van der Waals surface area contributed by atoms with E-state index in [1.165, 1.54) is 19.3 Å². The van der Waals surface area contributed by atoms with E-state index in [4.69, 9.17) is 4.74 Å². The third kappa shape index (κ3) is 5.06. The first-order valence-electron chi connectivity index (χ1n) is 8.56. The summed E-state index contributed by atoms with van der Waals surface area (Å²) in [7, 11) is 0. The van der Waals surface area contributed by atoms with Gasteiger partial charge in [0.15, 0.2) is 5.82 Å². The van der Waals surface area contributed by atoms with Crippen molar-refractivity contribution in [2.24, 2.45) is 0 Å². The average molecular weight is 319 g/mol. The van der Waals surface area contributed by atoms with E-state index in [2.05, 4.69) is 26.1 Å². The maximum absolute atomic E-state index is 11.9. The van der Waals surface area contributed by atoms with Crippen molar-refractivity contribution in [3.63, 3.8) is 0 Å². The summed E-state index contributed by atoms with van der Waals surface area (Å²) in [6.07, 6.45) is 8.24. The number of carbonyl (C=O) groups excluding carboxylic acids is 1. The van der Waals surface area contributed by atoms with Gasteiger partial charge in [0.05, 0.1) is 6.10 Å². The summed E-state index contributed by atoms with van der Waals surface area (Å²) in [6.45, 7) is 1.58. The molecule has 1 aromatic heterocycles. The zero-order chi connectivity index (χ0) is 15.9. The number of hydrogen-bond donors (Lipinski definition) is 3. The monoisotopic (exact) mass is 319 g/mol. The predicted molar refractivity (Wildman–Crippen MR) is 88.5 cm³/mol. The highest BCUT2D eigenvalue weighted by atomic mass is 16.5. The Labute approximate surface area is 136 Å². The number of urea groups is 1. The Morgan fingerprint density at radius 3 is 2.57 bits per heavy atom. The van der Waals surface area contributed by atoms with Gasteiger partial charge in [-0.3, -0.25) is 5.32 Å². The maximum atomic E-state index is 11.9. The van der Waals surface area contributed by atoms with Crippen LogP contribution in [-0.2, 0) is 4.74 Å². The molecule has 3 rings (SSSR count). The standard InChI is InChI=1S/C16H25N5O2/c22-16(18-12-5-2-1-3-6-12)19-15-9-8-14(20-21-15)17-11-13-7-4-10-23-13/h8-9,12-13H,1-7,10-11H2,(H,17,20)(H2,18,19,21,22). The summed E-state index contributed by atoms with van der Waals surface area (Å²) in [6, 6.07) is 3.65. The van der Waals surface area contributed by atoms with Crippen LogP contribution in [0.1, 0.15) is 44.9 Å². The van der Waals surface area contributed by atoms with Crippen LogP contribution in [0.15, 0.2) is 12.1 Å². The minimum atomic E-state index is -0.203. The number of aromatic nitrogens is 2. The molecule has 7 heteroatoms. The maximum Gasteiger partial charge on any atom is 0.320 e. The van der Waals surface area contributed by atoms with Gasteiger partial charge in [0.25, 0.3) is 0 Å². The van der Waals surface area contributed by atoms with Crippen molar-refractivity contribution in [1.29, 1.82) is 0 Å². The number of ether oxygens (including phenoxy) is 1. The largest absolute Gasteiger partial charge is 0.376 e.